The molecule has 2 N–H and O–H groups in total. The Kier molecular flexibility index (Phi) is 3.65. The van der Waals surface area contributed by atoms with E-state index in [4.69, 9.17) is 5.73 Å². The van der Waals surface area contributed by atoms with E-state index in [-0.39, 0.29) is 0 Å². The van der Waals surface area contributed by atoms with Crippen LogP contribution in [-0.2, 0) is 0 Å². The number of nitrogens with two attached hydrogens (primary N) is 1. The summed E-state index contributed by atoms with van der Waals surface area (Å²) in [5.74, 6) is 0.769. The molecule has 2 fully saturated rings. The van der Waals surface area contributed by atoms with Crippen molar-refractivity contribution in [3.63, 3.8) is 0 Å². The number of nitrogens with zero attached hydrogens (tertiary/aromatic N) is 2. The minimum Gasteiger partial charge on any atom is -0.327 e. The average Bonchev–Trinajstić information content (AvgIpc) is 2.77. The lowest BCUT2D eigenvalue weighted by Crippen LogP contribution is -2.37. The lowest BCUT2D eigenvalue weighted by Gasteiger charge is -2.24. The van der Waals surface area contributed by atoms with Gasteiger partial charge in [0.05, 0.1) is 0 Å². The van der Waals surface area contributed by atoms with Crippen LogP contribution in [-0.4, -0.2) is 55.6 Å². The third kappa shape index (κ3) is 2.71. The summed E-state index contributed by atoms with van der Waals surface area (Å²) in [5, 5.41) is 0. The normalized spacial score (nSPS) is 38.0. The predicted octanol–water partition coefficient (Wildman–Crippen LogP) is 0.750. The van der Waals surface area contributed by atoms with Gasteiger partial charge >= 0.3 is 0 Å². The van der Waals surface area contributed by atoms with E-state index >= 15 is 0 Å². The van der Waals surface area contributed by atoms with Crippen LogP contribution >= 0.6 is 0 Å². The van der Waals surface area contributed by atoms with E-state index < -0.39 is 0 Å². The Morgan fingerprint density at radius 1 is 1.27 bits per heavy atom. The van der Waals surface area contributed by atoms with E-state index in [1.54, 1.807) is 0 Å². The third-order valence-corrected chi connectivity index (χ3v) is 4.19. The van der Waals surface area contributed by atoms with Gasteiger partial charge in [-0.25, -0.2) is 0 Å². The lowest BCUT2D eigenvalue weighted by molar-refractivity contribution is 0.236. The fraction of sp³-hybridized carbons (Fsp3) is 1.00. The van der Waals surface area contributed by atoms with Crippen molar-refractivity contribution in [2.75, 3.05) is 33.7 Å². The van der Waals surface area contributed by atoms with Crippen LogP contribution in [0.5, 0.6) is 0 Å². The Labute approximate surface area is 93.6 Å². The Morgan fingerprint density at radius 3 is 2.60 bits per heavy atom. The summed E-state index contributed by atoms with van der Waals surface area (Å²) in [6.07, 6.45) is 5.27. The molecule has 15 heavy (non-hydrogen) atoms. The number of hydrogen-bond acceptors (Lipinski definition) is 3. The summed E-state index contributed by atoms with van der Waals surface area (Å²) in [6.45, 7) is 3.76. The Morgan fingerprint density at radius 2 is 2.07 bits per heavy atom. The van der Waals surface area contributed by atoms with Gasteiger partial charge in [-0.1, -0.05) is 6.42 Å². The third-order valence-electron chi connectivity index (χ3n) is 4.19. The van der Waals surface area contributed by atoms with Crippen molar-refractivity contribution in [2.45, 2.75) is 37.8 Å². The summed E-state index contributed by atoms with van der Waals surface area (Å²) in [4.78, 5) is 4.97. The molecule has 1 heterocycles. The molecule has 0 radical (unpaired) electrons. The van der Waals surface area contributed by atoms with Crippen molar-refractivity contribution in [1.29, 1.82) is 0 Å². The van der Waals surface area contributed by atoms with Crippen molar-refractivity contribution < 1.29 is 0 Å². The molecule has 3 atom stereocenters. The summed E-state index contributed by atoms with van der Waals surface area (Å²) in [6, 6.07) is 1.24. The Balaban J connectivity index is 1.77. The molecule has 3 nitrogen and oxygen atoms in total. The van der Waals surface area contributed by atoms with Crippen LogP contribution in [0.1, 0.15) is 25.7 Å². The first kappa shape index (κ1) is 11.4. The van der Waals surface area contributed by atoms with Crippen molar-refractivity contribution in [3.8, 4) is 0 Å². The minimum absolute atomic E-state index is 0.475. The maximum atomic E-state index is 6.11. The van der Waals surface area contributed by atoms with Gasteiger partial charge in [-0.05, 0) is 45.8 Å². The van der Waals surface area contributed by atoms with Gasteiger partial charge in [-0.2, -0.15) is 0 Å². The summed E-state index contributed by atoms with van der Waals surface area (Å²) < 4.78 is 0. The SMILES string of the molecule is CN(C)C1CCN(CC2CCCC2N)C1. The predicted molar refractivity (Wildman–Crippen MR) is 63.8 cm³/mol. The van der Waals surface area contributed by atoms with E-state index in [9.17, 15) is 0 Å². The van der Waals surface area contributed by atoms with Gasteiger partial charge in [0.15, 0.2) is 0 Å². The summed E-state index contributed by atoms with van der Waals surface area (Å²) >= 11 is 0. The second kappa shape index (κ2) is 4.81. The number of hydrogen-bond donors (Lipinski definition) is 1. The van der Waals surface area contributed by atoms with E-state index in [1.807, 2.05) is 0 Å². The van der Waals surface area contributed by atoms with Gasteiger partial charge in [0.2, 0.25) is 0 Å². The van der Waals surface area contributed by atoms with Crippen molar-refractivity contribution in [3.05, 3.63) is 0 Å². The monoisotopic (exact) mass is 211 g/mol. The fourth-order valence-corrected chi connectivity index (χ4v) is 3.02. The molecule has 1 aliphatic heterocycles. The first-order chi connectivity index (χ1) is 7.16. The van der Waals surface area contributed by atoms with Gasteiger partial charge in [0.25, 0.3) is 0 Å². The van der Waals surface area contributed by atoms with Crippen LogP contribution in [0, 0.1) is 5.92 Å². The molecule has 0 spiro atoms. The fourth-order valence-electron chi connectivity index (χ4n) is 3.02. The molecule has 2 aliphatic rings. The van der Waals surface area contributed by atoms with Crippen LogP contribution in [0.4, 0.5) is 0 Å². The van der Waals surface area contributed by atoms with E-state index in [1.165, 1.54) is 45.3 Å². The quantitative estimate of drug-likeness (QED) is 0.748. The highest BCUT2D eigenvalue weighted by Crippen LogP contribution is 2.26. The number of rotatable bonds is 3. The van der Waals surface area contributed by atoms with Crippen LogP contribution in [0.25, 0.3) is 0 Å². The molecule has 1 aliphatic carbocycles. The Hall–Kier alpha value is -0.120. The van der Waals surface area contributed by atoms with E-state index in [0.717, 1.165) is 12.0 Å². The van der Waals surface area contributed by atoms with Crippen molar-refractivity contribution >= 4 is 0 Å². The lowest BCUT2D eigenvalue weighted by atomic mass is 10.0. The largest absolute Gasteiger partial charge is 0.327 e. The molecule has 3 heteroatoms. The second-order valence-electron chi connectivity index (χ2n) is 5.52. The zero-order valence-electron chi connectivity index (χ0n) is 10.2. The van der Waals surface area contributed by atoms with Crippen LogP contribution in [0.2, 0.25) is 0 Å². The molecule has 0 amide bonds. The molecule has 0 aromatic rings. The van der Waals surface area contributed by atoms with Gasteiger partial charge in [0.1, 0.15) is 0 Å². The standard InChI is InChI=1S/C12H25N3/c1-14(2)11-6-7-15(9-11)8-10-4-3-5-12(10)13/h10-12H,3-9,13H2,1-2H3. The second-order valence-corrected chi connectivity index (χ2v) is 5.52. The molecule has 3 unspecified atom stereocenters. The maximum Gasteiger partial charge on any atom is 0.0229 e. The Bertz CT molecular complexity index is 205. The highest BCUT2D eigenvalue weighted by Gasteiger charge is 2.30. The van der Waals surface area contributed by atoms with Crippen molar-refractivity contribution in [2.24, 2.45) is 11.7 Å². The van der Waals surface area contributed by atoms with Gasteiger partial charge in [-0.3, -0.25) is 0 Å². The highest BCUT2D eigenvalue weighted by molar-refractivity contribution is 4.87. The molecule has 0 bridgehead atoms. The summed E-state index contributed by atoms with van der Waals surface area (Å²) in [7, 11) is 4.38. The smallest absolute Gasteiger partial charge is 0.0229 e. The average molecular weight is 211 g/mol. The van der Waals surface area contributed by atoms with Gasteiger partial charge in [0, 0.05) is 25.2 Å². The maximum absolute atomic E-state index is 6.11. The topological polar surface area (TPSA) is 32.5 Å². The van der Waals surface area contributed by atoms with Crippen LogP contribution < -0.4 is 5.73 Å². The molecule has 2 rings (SSSR count). The minimum atomic E-state index is 0.475. The van der Waals surface area contributed by atoms with Gasteiger partial charge in [-0.15, -0.1) is 0 Å². The highest BCUT2D eigenvalue weighted by atomic mass is 15.2. The first-order valence-corrected chi connectivity index (χ1v) is 6.31. The molecule has 0 aromatic carbocycles. The van der Waals surface area contributed by atoms with Crippen LogP contribution in [0.15, 0.2) is 0 Å². The molecule has 88 valence electrons. The molecule has 0 aromatic heterocycles. The van der Waals surface area contributed by atoms with Gasteiger partial charge < -0.3 is 15.5 Å². The zero-order chi connectivity index (χ0) is 10.8. The van der Waals surface area contributed by atoms with E-state index in [0.29, 0.717) is 6.04 Å². The molecular formula is C12H25N3. The van der Waals surface area contributed by atoms with E-state index in [2.05, 4.69) is 23.9 Å². The number of likely N-dealkylation sites (tertiary alicyclic amines) is 1. The van der Waals surface area contributed by atoms with Crippen molar-refractivity contribution in [1.82, 2.24) is 9.80 Å². The summed E-state index contributed by atoms with van der Waals surface area (Å²) in [5.41, 5.74) is 6.11. The van der Waals surface area contributed by atoms with Crippen LogP contribution in [0.3, 0.4) is 0 Å². The molecule has 1 saturated carbocycles. The number of likely N-dealkylation sites (N-methyl/N-ethyl adjacent to an activating group) is 1. The first-order valence-electron chi connectivity index (χ1n) is 6.31. The molecule has 1 saturated heterocycles. The molecular weight excluding hydrogens is 186 g/mol. The zero-order valence-corrected chi connectivity index (χ0v) is 10.2.